The summed E-state index contributed by atoms with van der Waals surface area (Å²) in [6.07, 6.45) is 0.458. The summed E-state index contributed by atoms with van der Waals surface area (Å²) in [5.74, 6) is 1.18. The van der Waals surface area contributed by atoms with Crippen LogP contribution >= 0.6 is 0 Å². The van der Waals surface area contributed by atoms with Crippen LogP contribution in [0.5, 0.6) is 11.5 Å². The van der Waals surface area contributed by atoms with Gasteiger partial charge in [0.1, 0.15) is 11.5 Å². The van der Waals surface area contributed by atoms with E-state index in [1.807, 2.05) is 50.2 Å². The van der Waals surface area contributed by atoms with E-state index in [0.717, 1.165) is 22.4 Å². The number of fused-ring (bicyclic) bond motifs is 2. The quantitative estimate of drug-likeness (QED) is 0.675. The van der Waals surface area contributed by atoms with Crippen LogP contribution in [0.25, 0.3) is 0 Å². The van der Waals surface area contributed by atoms with E-state index in [9.17, 15) is 4.79 Å². The van der Waals surface area contributed by atoms with E-state index in [0.29, 0.717) is 24.3 Å². The van der Waals surface area contributed by atoms with Gasteiger partial charge in [-0.05, 0) is 37.1 Å². The van der Waals surface area contributed by atoms with Crippen LogP contribution in [0.15, 0.2) is 36.4 Å². The second-order valence-corrected chi connectivity index (χ2v) is 5.48. The molecule has 2 aromatic carbocycles. The van der Waals surface area contributed by atoms with Gasteiger partial charge in [0.15, 0.2) is 0 Å². The number of methoxy groups -OCH3 is 1. The predicted molar refractivity (Wildman–Crippen MR) is 87.1 cm³/mol. The topological polar surface area (TPSA) is 44.8 Å². The van der Waals surface area contributed by atoms with Crippen molar-refractivity contribution in [1.29, 1.82) is 0 Å². The van der Waals surface area contributed by atoms with Gasteiger partial charge in [-0.2, -0.15) is 0 Å². The third-order valence-electron chi connectivity index (χ3n) is 4.11. The van der Waals surface area contributed by atoms with Crippen LogP contribution in [-0.4, -0.2) is 19.7 Å². The molecule has 0 bridgehead atoms. The number of carbonyl (C=O) groups excluding carboxylic acids is 1. The monoisotopic (exact) mass is 312 g/mol. The maximum atomic E-state index is 12.4. The number of hydrogen-bond acceptors (Lipinski definition) is 4. The van der Waals surface area contributed by atoms with Crippen LogP contribution in [0.1, 0.15) is 47.0 Å². The van der Waals surface area contributed by atoms with Crippen molar-refractivity contribution in [2.75, 3.05) is 13.7 Å². The Morgan fingerprint density at radius 1 is 1.22 bits per heavy atom. The Balaban J connectivity index is 2.12. The lowest BCUT2D eigenvalue weighted by Gasteiger charge is -2.25. The second kappa shape index (κ2) is 6.42. The lowest BCUT2D eigenvalue weighted by atomic mass is 9.91. The van der Waals surface area contributed by atoms with Crippen molar-refractivity contribution in [2.24, 2.45) is 0 Å². The lowest BCUT2D eigenvalue weighted by Crippen LogP contribution is -2.16. The van der Waals surface area contributed by atoms with Crippen LogP contribution in [0.3, 0.4) is 0 Å². The number of para-hydroxylation sites is 1. The summed E-state index contributed by atoms with van der Waals surface area (Å²) < 4.78 is 16.6. The highest BCUT2D eigenvalue weighted by Gasteiger charge is 2.27. The van der Waals surface area contributed by atoms with Crippen LogP contribution in [0.4, 0.5) is 0 Å². The maximum Gasteiger partial charge on any atom is 0.338 e. The highest BCUT2D eigenvalue weighted by atomic mass is 16.5. The highest BCUT2D eigenvalue weighted by molar-refractivity contribution is 5.94. The third-order valence-corrected chi connectivity index (χ3v) is 4.11. The lowest BCUT2D eigenvalue weighted by molar-refractivity contribution is 0.0564. The Bertz CT molecular complexity index is 736. The number of ether oxygens (including phenoxy) is 3. The molecule has 0 radical (unpaired) electrons. The van der Waals surface area contributed by atoms with Gasteiger partial charge in [0, 0.05) is 18.6 Å². The van der Waals surface area contributed by atoms with Crippen molar-refractivity contribution < 1.29 is 19.0 Å². The Labute approximate surface area is 136 Å². The molecule has 0 amide bonds. The molecule has 120 valence electrons. The molecule has 23 heavy (non-hydrogen) atoms. The molecule has 0 spiro atoms. The molecule has 1 aliphatic rings. The van der Waals surface area contributed by atoms with E-state index in [1.165, 1.54) is 7.11 Å². The summed E-state index contributed by atoms with van der Waals surface area (Å²) in [6, 6.07) is 11.7. The van der Waals surface area contributed by atoms with Crippen LogP contribution in [-0.2, 0) is 15.9 Å². The summed E-state index contributed by atoms with van der Waals surface area (Å²) in [4.78, 5) is 12.4. The summed E-state index contributed by atoms with van der Waals surface area (Å²) in [5.41, 5.74) is 3.31. The molecule has 3 rings (SSSR count). The first-order valence-corrected chi connectivity index (χ1v) is 7.77. The fraction of sp³-hybridized carbons (Fsp3) is 0.316. The zero-order valence-electron chi connectivity index (χ0n) is 13.6. The molecule has 1 aliphatic heterocycles. The van der Waals surface area contributed by atoms with Crippen LogP contribution in [0.2, 0.25) is 0 Å². The third kappa shape index (κ3) is 2.82. The second-order valence-electron chi connectivity index (χ2n) is 5.48. The molecule has 1 unspecified atom stereocenters. The minimum Gasteiger partial charge on any atom is -0.465 e. The molecule has 0 N–H and O–H groups in total. The molecule has 0 aliphatic carbocycles. The van der Waals surface area contributed by atoms with Crippen molar-refractivity contribution >= 4 is 5.97 Å². The first kappa shape index (κ1) is 15.6. The fourth-order valence-corrected chi connectivity index (χ4v) is 3.00. The Kier molecular flexibility index (Phi) is 4.35. The van der Waals surface area contributed by atoms with Gasteiger partial charge in [0.2, 0.25) is 0 Å². The van der Waals surface area contributed by atoms with E-state index >= 15 is 0 Å². The van der Waals surface area contributed by atoms with Crippen LogP contribution < -0.4 is 4.74 Å². The number of carbonyl (C=O) groups is 1. The van der Waals surface area contributed by atoms with Crippen molar-refractivity contribution in [1.82, 2.24) is 0 Å². The SMILES string of the molecule is CCOC(C)c1ccc2c(c1C(=O)OC)Cc1ccccc1O2. The average molecular weight is 312 g/mol. The van der Waals surface area contributed by atoms with E-state index in [2.05, 4.69) is 0 Å². The van der Waals surface area contributed by atoms with Gasteiger partial charge >= 0.3 is 5.97 Å². The summed E-state index contributed by atoms with van der Waals surface area (Å²) in [6.45, 7) is 4.46. The summed E-state index contributed by atoms with van der Waals surface area (Å²) in [5, 5.41) is 0. The van der Waals surface area contributed by atoms with E-state index in [4.69, 9.17) is 14.2 Å². The zero-order valence-corrected chi connectivity index (χ0v) is 13.6. The molecule has 1 heterocycles. The smallest absolute Gasteiger partial charge is 0.338 e. The molecule has 4 nitrogen and oxygen atoms in total. The largest absolute Gasteiger partial charge is 0.465 e. The standard InChI is InChI=1S/C19H20O4/c1-4-22-12(2)14-9-10-17-15(18(14)19(20)21-3)11-13-7-5-6-8-16(13)23-17/h5-10,12H,4,11H2,1-3H3. The van der Waals surface area contributed by atoms with Gasteiger partial charge in [-0.25, -0.2) is 4.79 Å². The molecule has 2 aromatic rings. The first-order valence-electron chi connectivity index (χ1n) is 7.77. The highest BCUT2D eigenvalue weighted by Crippen LogP contribution is 2.40. The normalized spacial score (nSPS) is 13.5. The van der Waals surface area contributed by atoms with Gasteiger partial charge in [0.05, 0.1) is 18.8 Å². The zero-order chi connectivity index (χ0) is 16.4. The molecule has 0 saturated heterocycles. The predicted octanol–water partition coefficient (Wildman–Crippen LogP) is 4.27. The number of esters is 1. The van der Waals surface area contributed by atoms with Gasteiger partial charge in [-0.1, -0.05) is 24.3 Å². The van der Waals surface area contributed by atoms with Crippen molar-refractivity contribution in [3.63, 3.8) is 0 Å². The van der Waals surface area contributed by atoms with E-state index in [-0.39, 0.29) is 12.1 Å². The molecular formula is C19H20O4. The first-order chi connectivity index (χ1) is 11.2. The van der Waals surface area contributed by atoms with Gasteiger partial charge in [-0.15, -0.1) is 0 Å². The Morgan fingerprint density at radius 3 is 2.74 bits per heavy atom. The van der Waals surface area contributed by atoms with Crippen molar-refractivity contribution in [3.05, 3.63) is 58.7 Å². The van der Waals surface area contributed by atoms with Crippen molar-refractivity contribution in [2.45, 2.75) is 26.4 Å². The van der Waals surface area contributed by atoms with Gasteiger partial charge in [-0.3, -0.25) is 0 Å². The molecular weight excluding hydrogens is 292 g/mol. The summed E-state index contributed by atoms with van der Waals surface area (Å²) in [7, 11) is 1.40. The van der Waals surface area contributed by atoms with Crippen LogP contribution in [0, 0.1) is 0 Å². The minimum absolute atomic E-state index is 0.184. The van der Waals surface area contributed by atoms with E-state index in [1.54, 1.807) is 0 Å². The number of hydrogen-bond donors (Lipinski definition) is 0. The van der Waals surface area contributed by atoms with E-state index < -0.39 is 0 Å². The fourth-order valence-electron chi connectivity index (χ4n) is 3.00. The van der Waals surface area contributed by atoms with Crippen molar-refractivity contribution in [3.8, 4) is 11.5 Å². The van der Waals surface area contributed by atoms with Gasteiger partial charge in [0.25, 0.3) is 0 Å². The number of rotatable bonds is 4. The molecule has 4 heteroatoms. The Hall–Kier alpha value is -2.33. The summed E-state index contributed by atoms with van der Waals surface area (Å²) >= 11 is 0. The molecule has 0 aromatic heterocycles. The van der Waals surface area contributed by atoms with Gasteiger partial charge < -0.3 is 14.2 Å². The molecule has 0 saturated carbocycles. The Morgan fingerprint density at radius 2 is 2.00 bits per heavy atom. The number of benzene rings is 2. The average Bonchev–Trinajstić information content (AvgIpc) is 2.58. The molecule has 0 fully saturated rings. The molecule has 1 atom stereocenters. The minimum atomic E-state index is -0.355. The maximum absolute atomic E-state index is 12.4.